The van der Waals surface area contributed by atoms with Crippen LogP contribution in [-0.2, 0) is 20.8 Å². The average Bonchev–Trinajstić information content (AvgIpc) is 3.20. The van der Waals surface area contributed by atoms with Crippen LogP contribution < -0.4 is 5.56 Å². The zero-order valence-corrected chi connectivity index (χ0v) is 17.0. The summed E-state index contributed by atoms with van der Waals surface area (Å²) >= 11 is 1.09. The van der Waals surface area contributed by atoms with Gasteiger partial charge in [-0.15, -0.1) is 0 Å². The molecule has 0 fully saturated rings. The third kappa shape index (κ3) is 4.86. The summed E-state index contributed by atoms with van der Waals surface area (Å²) in [5.74, 6) is -0.369. The summed E-state index contributed by atoms with van der Waals surface area (Å²) in [6.07, 6.45) is 1.28. The Labute approximate surface area is 170 Å². The second-order valence-electron chi connectivity index (χ2n) is 6.42. The van der Waals surface area contributed by atoms with Crippen LogP contribution in [0.25, 0.3) is 10.9 Å². The number of hydrogen-bond acceptors (Lipinski definition) is 8. The summed E-state index contributed by atoms with van der Waals surface area (Å²) in [7, 11) is 1.28. The number of hydrogen-bond donors (Lipinski definition) is 0. The number of nitrogens with zero attached hydrogens (tertiary/aromatic N) is 2. The number of furan rings is 1. The van der Waals surface area contributed by atoms with E-state index < -0.39 is 11.9 Å². The second-order valence-corrected chi connectivity index (χ2v) is 7.36. The van der Waals surface area contributed by atoms with E-state index in [9.17, 15) is 14.4 Å². The van der Waals surface area contributed by atoms with E-state index in [1.807, 2.05) is 0 Å². The molecule has 0 bridgehead atoms. The van der Waals surface area contributed by atoms with Crippen molar-refractivity contribution in [2.24, 2.45) is 0 Å². The molecule has 0 N–H and O–H groups in total. The van der Waals surface area contributed by atoms with Gasteiger partial charge < -0.3 is 13.9 Å². The fourth-order valence-corrected chi connectivity index (χ4v) is 3.46. The van der Waals surface area contributed by atoms with Crippen LogP contribution in [0.2, 0.25) is 0 Å². The van der Waals surface area contributed by atoms with Gasteiger partial charge in [0.2, 0.25) is 0 Å². The minimum Gasteiger partial charge on any atom is -0.467 e. The first-order valence-electron chi connectivity index (χ1n) is 8.86. The predicted molar refractivity (Wildman–Crippen MR) is 107 cm³/mol. The molecule has 0 amide bonds. The van der Waals surface area contributed by atoms with Gasteiger partial charge >= 0.3 is 11.9 Å². The first kappa shape index (κ1) is 20.7. The van der Waals surface area contributed by atoms with E-state index in [0.717, 1.165) is 11.8 Å². The topological polar surface area (TPSA) is 101 Å². The minimum atomic E-state index is -0.525. The lowest BCUT2D eigenvalue weighted by Crippen LogP contribution is -2.24. The van der Waals surface area contributed by atoms with E-state index in [0.29, 0.717) is 21.8 Å². The van der Waals surface area contributed by atoms with Crippen LogP contribution >= 0.6 is 11.8 Å². The maximum atomic E-state index is 13.1. The van der Waals surface area contributed by atoms with Crippen LogP contribution in [0.15, 0.2) is 51.0 Å². The number of methoxy groups -OCH3 is 1. The van der Waals surface area contributed by atoms with Crippen molar-refractivity contribution in [3.63, 3.8) is 0 Å². The fourth-order valence-electron chi connectivity index (χ4n) is 2.67. The smallest absolute Gasteiger partial charge is 0.337 e. The Balaban J connectivity index is 2.04. The zero-order chi connectivity index (χ0) is 21.0. The molecule has 0 aliphatic carbocycles. The zero-order valence-electron chi connectivity index (χ0n) is 16.2. The SMILES string of the molecule is COC(=O)c1ccc2c(=O)n(Cc3ccco3)c(SCC(=O)OC(C)C)nc2c1. The van der Waals surface area contributed by atoms with E-state index in [1.165, 1.54) is 36.1 Å². The number of ether oxygens (including phenoxy) is 2. The highest BCUT2D eigenvalue weighted by atomic mass is 32.2. The van der Waals surface area contributed by atoms with Crippen LogP contribution in [-0.4, -0.2) is 40.5 Å². The molecule has 0 atom stereocenters. The van der Waals surface area contributed by atoms with Gasteiger partial charge in [-0.25, -0.2) is 9.78 Å². The largest absolute Gasteiger partial charge is 0.467 e. The first-order valence-corrected chi connectivity index (χ1v) is 9.85. The standard InChI is InChI=1S/C20H20N2O6S/c1-12(2)28-17(23)11-29-20-21-16-9-13(19(25)26-3)6-7-15(16)18(24)22(20)10-14-5-4-8-27-14/h4-9,12H,10-11H2,1-3H3. The van der Waals surface area contributed by atoms with E-state index >= 15 is 0 Å². The minimum absolute atomic E-state index is 0.00895. The van der Waals surface area contributed by atoms with E-state index in [-0.39, 0.29) is 29.5 Å². The maximum Gasteiger partial charge on any atom is 0.337 e. The molecule has 152 valence electrons. The summed E-state index contributed by atoms with van der Waals surface area (Å²) in [6.45, 7) is 3.69. The number of rotatable bonds is 7. The lowest BCUT2D eigenvalue weighted by molar-refractivity contribution is -0.144. The Hall–Kier alpha value is -3.07. The van der Waals surface area contributed by atoms with Crippen molar-refractivity contribution >= 4 is 34.6 Å². The van der Waals surface area contributed by atoms with E-state index in [1.54, 1.807) is 26.0 Å². The number of carbonyl (C=O) groups excluding carboxylic acids is 2. The Bertz CT molecular complexity index is 1090. The highest BCUT2D eigenvalue weighted by Gasteiger charge is 2.17. The number of thioether (sulfide) groups is 1. The van der Waals surface area contributed by atoms with Gasteiger partial charge in [-0.1, -0.05) is 11.8 Å². The number of aromatic nitrogens is 2. The van der Waals surface area contributed by atoms with Gasteiger partial charge in [0, 0.05) is 0 Å². The van der Waals surface area contributed by atoms with Gasteiger partial charge in [0.15, 0.2) is 5.16 Å². The molecule has 0 aliphatic rings. The molecule has 0 aliphatic heterocycles. The average molecular weight is 416 g/mol. The molecule has 0 spiro atoms. The Morgan fingerprint density at radius 3 is 2.72 bits per heavy atom. The van der Waals surface area contributed by atoms with Crippen LogP contribution in [0.5, 0.6) is 0 Å². The third-order valence-electron chi connectivity index (χ3n) is 3.92. The molecule has 0 saturated heterocycles. The normalized spacial score (nSPS) is 11.0. The molecular formula is C20H20N2O6S. The third-order valence-corrected chi connectivity index (χ3v) is 4.87. The van der Waals surface area contributed by atoms with Gasteiger partial charge in [-0.3, -0.25) is 14.2 Å². The maximum absolute atomic E-state index is 13.1. The van der Waals surface area contributed by atoms with Crippen LogP contribution in [0.4, 0.5) is 0 Å². The highest BCUT2D eigenvalue weighted by molar-refractivity contribution is 7.99. The van der Waals surface area contributed by atoms with Crippen LogP contribution in [0, 0.1) is 0 Å². The molecule has 2 aromatic heterocycles. The number of benzene rings is 1. The van der Waals surface area contributed by atoms with Crippen molar-refractivity contribution in [1.82, 2.24) is 9.55 Å². The second kappa shape index (κ2) is 8.95. The summed E-state index contributed by atoms with van der Waals surface area (Å²) < 4.78 is 16.7. The molecular weight excluding hydrogens is 396 g/mol. The molecule has 3 aromatic rings. The molecule has 9 heteroatoms. The predicted octanol–water partition coefficient (Wildman–Crippen LogP) is 2.87. The lowest BCUT2D eigenvalue weighted by Gasteiger charge is -2.13. The summed E-state index contributed by atoms with van der Waals surface area (Å²) in [5.41, 5.74) is 0.321. The van der Waals surface area contributed by atoms with Crippen molar-refractivity contribution < 1.29 is 23.5 Å². The Morgan fingerprint density at radius 1 is 1.28 bits per heavy atom. The van der Waals surface area contributed by atoms with Gasteiger partial charge in [-0.2, -0.15) is 0 Å². The number of fused-ring (bicyclic) bond motifs is 1. The van der Waals surface area contributed by atoms with Crippen LogP contribution in [0.3, 0.4) is 0 Å². The van der Waals surface area contributed by atoms with Gasteiger partial charge in [0.25, 0.3) is 5.56 Å². The van der Waals surface area contributed by atoms with Gasteiger partial charge in [0.05, 0.1) is 48.2 Å². The van der Waals surface area contributed by atoms with Gasteiger partial charge in [0.1, 0.15) is 5.76 Å². The molecule has 0 saturated carbocycles. The number of carbonyl (C=O) groups is 2. The molecule has 0 unspecified atom stereocenters. The Morgan fingerprint density at radius 2 is 2.07 bits per heavy atom. The molecule has 29 heavy (non-hydrogen) atoms. The summed E-state index contributed by atoms with van der Waals surface area (Å²) in [4.78, 5) is 41.4. The summed E-state index contributed by atoms with van der Waals surface area (Å²) in [5, 5.41) is 0.667. The molecule has 0 radical (unpaired) electrons. The molecule has 1 aromatic carbocycles. The molecule has 2 heterocycles. The summed E-state index contributed by atoms with van der Waals surface area (Å²) in [6, 6.07) is 8.03. The molecule has 8 nitrogen and oxygen atoms in total. The highest BCUT2D eigenvalue weighted by Crippen LogP contribution is 2.21. The van der Waals surface area contributed by atoms with Crippen molar-refractivity contribution in [3.05, 3.63) is 58.3 Å². The van der Waals surface area contributed by atoms with E-state index in [4.69, 9.17) is 13.9 Å². The monoisotopic (exact) mass is 416 g/mol. The van der Waals surface area contributed by atoms with Gasteiger partial charge in [-0.05, 0) is 44.2 Å². The quantitative estimate of drug-likeness (QED) is 0.329. The molecule has 3 rings (SSSR count). The number of esters is 2. The van der Waals surface area contributed by atoms with Crippen molar-refractivity contribution in [2.45, 2.75) is 31.7 Å². The van der Waals surface area contributed by atoms with Crippen molar-refractivity contribution in [2.75, 3.05) is 12.9 Å². The fraction of sp³-hybridized carbons (Fsp3) is 0.300. The van der Waals surface area contributed by atoms with Crippen LogP contribution in [0.1, 0.15) is 30.0 Å². The lowest BCUT2D eigenvalue weighted by atomic mass is 10.1. The Kier molecular flexibility index (Phi) is 6.38. The van der Waals surface area contributed by atoms with Crippen molar-refractivity contribution in [3.8, 4) is 0 Å². The first-order chi connectivity index (χ1) is 13.9. The van der Waals surface area contributed by atoms with Crippen molar-refractivity contribution in [1.29, 1.82) is 0 Å². The van der Waals surface area contributed by atoms with E-state index in [2.05, 4.69) is 4.98 Å².